The number of aliphatic hydroxyl groups is 1. The maximum atomic E-state index is 9.45. The predicted molar refractivity (Wildman–Crippen MR) is 71.1 cm³/mol. The number of hydrogen-bond acceptors (Lipinski definition) is 3. The minimum atomic E-state index is -0.0424. The van der Waals surface area contributed by atoms with Crippen LogP contribution in [0.5, 0.6) is 0 Å². The standard InChI is InChI=1S/C14H19N3O/c1-2-11-3-5-12(6-4-11)14(10-18)15-9-13-7-8-16-17-13/h3-8,14-15,18H,2,9-10H2,1H3,(H,16,17). The Hall–Kier alpha value is -1.65. The first-order valence-electron chi connectivity index (χ1n) is 6.24. The molecule has 1 unspecified atom stereocenters. The second-order valence-corrected chi connectivity index (χ2v) is 4.29. The molecule has 0 aliphatic rings. The Kier molecular flexibility index (Phi) is 4.50. The first kappa shape index (κ1) is 12.8. The molecule has 0 aliphatic carbocycles. The predicted octanol–water partition coefficient (Wildman–Crippen LogP) is 1.80. The van der Waals surface area contributed by atoms with Gasteiger partial charge < -0.3 is 10.4 Å². The Balaban J connectivity index is 1.98. The number of rotatable bonds is 6. The molecule has 0 saturated carbocycles. The summed E-state index contributed by atoms with van der Waals surface area (Å²) in [5, 5.41) is 19.5. The van der Waals surface area contributed by atoms with E-state index in [2.05, 4.69) is 46.7 Å². The molecule has 1 atom stereocenters. The van der Waals surface area contributed by atoms with E-state index < -0.39 is 0 Å². The van der Waals surface area contributed by atoms with Crippen LogP contribution in [0.25, 0.3) is 0 Å². The zero-order chi connectivity index (χ0) is 12.8. The monoisotopic (exact) mass is 245 g/mol. The lowest BCUT2D eigenvalue weighted by Gasteiger charge is -2.16. The number of aromatic nitrogens is 2. The van der Waals surface area contributed by atoms with E-state index in [4.69, 9.17) is 0 Å². The molecule has 0 radical (unpaired) electrons. The molecular formula is C14H19N3O. The van der Waals surface area contributed by atoms with Crippen LogP contribution in [0.3, 0.4) is 0 Å². The number of aromatic amines is 1. The third kappa shape index (κ3) is 3.18. The van der Waals surface area contributed by atoms with Gasteiger partial charge >= 0.3 is 0 Å². The second-order valence-electron chi connectivity index (χ2n) is 4.29. The van der Waals surface area contributed by atoms with Gasteiger partial charge in [-0.2, -0.15) is 5.10 Å². The number of nitrogens with zero attached hydrogens (tertiary/aromatic N) is 1. The van der Waals surface area contributed by atoms with Crippen molar-refractivity contribution in [1.29, 1.82) is 0 Å². The molecule has 1 aromatic carbocycles. The highest BCUT2D eigenvalue weighted by atomic mass is 16.3. The van der Waals surface area contributed by atoms with Gasteiger partial charge in [-0.25, -0.2) is 0 Å². The molecule has 0 bridgehead atoms. The highest BCUT2D eigenvalue weighted by Gasteiger charge is 2.09. The minimum Gasteiger partial charge on any atom is -0.394 e. The van der Waals surface area contributed by atoms with Gasteiger partial charge in [0.1, 0.15) is 0 Å². The third-order valence-corrected chi connectivity index (χ3v) is 3.07. The van der Waals surface area contributed by atoms with Crippen LogP contribution in [0.1, 0.15) is 29.8 Å². The Morgan fingerprint density at radius 1 is 1.28 bits per heavy atom. The van der Waals surface area contributed by atoms with E-state index in [1.54, 1.807) is 6.20 Å². The fourth-order valence-electron chi connectivity index (χ4n) is 1.89. The van der Waals surface area contributed by atoms with E-state index >= 15 is 0 Å². The summed E-state index contributed by atoms with van der Waals surface area (Å²) in [5.41, 5.74) is 3.43. The first-order valence-corrected chi connectivity index (χ1v) is 6.24. The highest BCUT2D eigenvalue weighted by molar-refractivity contribution is 5.25. The van der Waals surface area contributed by atoms with E-state index in [-0.39, 0.29) is 12.6 Å². The number of aliphatic hydroxyl groups excluding tert-OH is 1. The van der Waals surface area contributed by atoms with Gasteiger partial charge in [-0.15, -0.1) is 0 Å². The normalized spacial score (nSPS) is 12.6. The first-order chi connectivity index (χ1) is 8.83. The number of H-pyrrole nitrogens is 1. The van der Waals surface area contributed by atoms with E-state index in [9.17, 15) is 5.11 Å². The highest BCUT2D eigenvalue weighted by Crippen LogP contribution is 2.14. The molecule has 0 aliphatic heterocycles. The third-order valence-electron chi connectivity index (χ3n) is 3.07. The summed E-state index contributed by atoms with van der Waals surface area (Å²) in [6.07, 6.45) is 2.76. The van der Waals surface area contributed by atoms with Gasteiger partial charge in [-0.05, 0) is 23.6 Å². The fraction of sp³-hybridized carbons (Fsp3) is 0.357. The smallest absolute Gasteiger partial charge is 0.0626 e. The average molecular weight is 245 g/mol. The Morgan fingerprint density at radius 3 is 2.61 bits per heavy atom. The van der Waals surface area contributed by atoms with Crippen LogP contribution < -0.4 is 5.32 Å². The number of nitrogens with one attached hydrogen (secondary N) is 2. The molecule has 0 amide bonds. The summed E-state index contributed by atoms with van der Waals surface area (Å²) in [7, 11) is 0. The Labute approximate surface area is 107 Å². The molecule has 3 N–H and O–H groups in total. The molecule has 0 saturated heterocycles. The minimum absolute atomic E-state index is 0.0424. The van der Waals surface area contributed by atoms with Gasteiger partial charge in [0.05, 0.1) is 12.6 Å². The van der Waals surface area contributed by atoms with Crippen molar-refractivity contribution >= 4 is 0 Å². The van der Waals surface area contributed by atoms with E-state index in [1.165, 1.54) is 5.56 Å². The number of hydrogen-bond donors (Lipinski definition) is 3. The van der Waals surface area contributed by atoms with Gasteiger partial charge in [0, 0.05) is 18.4 Å². The van der Waals surface area contributed by atoms with Crippen LogP contribution in [0.2, 0.25) is 0 Å². The summed E-state index contributed by atoms with van der Waals surface area (Å²) in [4.78, 5) is 0. The van der Waals surface area contributed by atoms with Crippen LogP contribution in [-0.4, -0.2) is 21.9 Å². The molecule has 4 nitrogen and oxygen atoms in total. The lowest BCUT2D eigenvalue weighted by atomic mass is 10.0. The molecule has 0 fully saturated rings. The van der Waals surface area contributed by atoms with Crippen molar-refractivity contribution in [3.8, 4) is 0 Å². The molecule has 1 aromatic heterocycles. The van der Waals surface area contributed by atoms with Crippen LogP contribution >= 0.6 is 0 Å². The molecular weight excluding hydrogens is 226 g/mol. The van der Waals surface area contributed by atoms with Gasteiger partial charge in [-0.1, -0.05) is 31.2 Å². The molecule has 96 valence electrons. The fourth-order valence-corrected chi connectivity index (χ4v) is 1.89. The topological polar surface area (TPSA) is 60.9 Å². The molecule has 2 rings (SSSR count). The summed E-state index contributed by atoms with van der Waals surface area (Å²) in [6, 6.07) is 10.2. The van der Waals surface area contributed by atoms with Crippen LogP contribution in [0, 0.1) is 0 Å². The van der Waals surface area contributed by atoms with E-state index in [1.807, 2.05) is 6.07 Å². The number of benzene rings is 1. The number of aryl methyl sites for hydroxylation is 1. The van der Waals surface area contributed by atoms with Crippen LogP contribution in [0.15, 0.2) is 36.5 Å². The van der Waals surface area contributed by atoms with Crippen molar-refractivity contribution in [3.63, 3.8) is 0 Å². The van der Waals surface area contributed by atoms with Gasteiger partial charge in [-0.3, -0.25) is 5.10 Å². The summed E-state index contributed by atoms with van der Waals surface area (Å²) >= 11 is 0. The molecule has 2 aromatic rings. The molecule has 0 spiro atoms. The van der Waals surface area contributed by atoms with Crippen molar-refractivity contribution in [1.82, 2.24) is 15.5 Å². The lowest BCUT2D eigenvalue weighted by molar-refractivity contribution is 0.243. The molecule has 4 heteroatoms. The van der Waals surface area contributed by atoms with Crippen LogP contribution in [0.4, 0.5) is 0 Å². The maximum absolute atomic E-state index is 9.45. The Bertz CT molecular complexity index is 450. The second kappa shape index (κ2) is 6.33. The largest absolute Gasteiger partial charge is 0.394 e. The SMILES string of the molecule is CCc1ccc(C(CO)NCc2ccn[nH]2)cc1. The van der Waals surface area contributed by atoms with Gasteiger partial charge in [0.15, 0.2) is 0 Å². The van der Waals surface area contributed by atoms with Crippen molar-refractivity contribution in [3.05, 3.63) is 53.3 Å². The van der Waals surface area contributed by atoms with Crippen molar-refractivity contribution in [2.45, 2.75) is 25.9 Å². The molecule has 18 heavy (non-hydrogen) atoms. The zero-order valence-electron chi connectivity index (χ0n) is 10.6. The maximum Gasteiger partial charge on any atom is 0.0626 e. The van der Waals surface area contributed by atoms with E-state index in [0.717, 1.165) is 17.7 Å². The lowest BCUT2D eigenvalue weighted by Crippen LogP contribution is -2.24. The van der Waals surface area contributed by atoms with Gasteiger partial charge in [0.2, 0.25) is 0 Å². The molecule has 1 heterocycles. The van der Waals surface area contributed by atoms with Crippen molar-refractivity contribution in [2.75, 3.05) is 6.61 Å². The summed E-state index contributed by atoms with van der Waals surface area (Å²) in [6.45, 7) is 2.88. The van der Waals surface area contributed by atoms with Gasteiger partial charge in [0.25, 0.3) is 0 Å². The summed E-state index contributed by atoms with van der Waals surface area (Å²) < 4.78 is 0. The average Bonchev–Trinajstić information content (AvgIpc) is 2.93. The summed E-state index contributed by atoms with van der Waals surface area (Å²) in [5.74, 6) is 0. The zero-order valence-corrected chi connectivity index (χ0v) is 10.6. The van der Waals surface area contributed by atoms with Crippen LogP contribution in [-0.2, 0) is 13.0 Å². The van der Waals surface area contributed by atoms with E-state index in [0.29, 0.717) is 6.54 Å². The Morgan fingerprint density at radius 2 is 2.06 bits per heavy atom. The van der Waals surface area contributed by atoms with Crippen molar-refractivity contribution in [2.24, 2.45) is 0 Å². The quantitative estimate of drug-likeness (QED) is 0.727. The van der Waals surface area contributed by atoms with Crippen molar-refractivity contribution < 1.29 is 5.11 Å².